The molecule has 0 saturated carbocycles. The van der Waals surface area contributed by atoms with Gasteiger partial charge in [-0.3, -0.25) is 0 Å². The number of nitrogens with one attached hydrogen (secondary N) is 1. The van der Waals surface area contributed by atoms with E-state index in [1.807, 2.05) is 0 Å². The first kappa shape index (κ1) is 27.3. The first-order valence-electron chi connectivity index (χ1n) is 17.4. The summed E-state index contributed by atoms with van der Waals surface area (Å²) >= 11 is 0. The smallest absolute Gasteiger partial charge is 0.193 e. The molecule has 1 nitrogen and oxygen atoms in total. The summed E-state index contributed by atoms with van der Waals surface area (Å²) in [5.41, 5.74) is 20.0. The third-order valence-corrected chi connectivity index (χ3v) is 16.8. The molecule has 1 aliphatic carbocycles. The number of para-hydroxylation sites is 2. The van der Waals surface area contributed by atoms with E-state index in [0.717, 1.165) is 7.28 Å². The van der Waals surface area contributed by atoms with Crippen LogP contribution in [-0.2, 0) is 0 Å². The molecule has 49 heavy (non-hydrogen) atoms. The zero-order valence-electron chi connectivity index (χ0n) is 27.3. The van der Waals surface area contributed by atoms with Gasteiger partial charge in [-0.25, -0.2) is 0 Å². The molecule has 1 N–H and O–H groups in total. The van der Waals surface area contributed by atoms with Gasteiger partial charge in [0.25, 0.3) is 0 Å². The van der Waals surface area contributed by atoms with Crippen LogP contribution in [0.15, 0.2) is 152 Å². The maximum Gasteiger partial charge on any atom is 0.193 e. The van der Waals surface area contributed by atoms with Crippen LogP contribution in [0.5, 0.6) is 0 Å². The van der Waals surface area contributed by atoms with E-state index in [0.29, 0.717) is 0 Å². The molecular formula is C46H32BNSi. The van der Waals surface area contributed by atoms with Crippen LogP contribution in [-0.4, -0.2) is 15.4 Å². The Labute approximate surface area is 288 Å². The van der Waals surface area contributed by atoms with Crippen molar-refractivity contribution in [2.75, 3.05) is 5.32 Å². The summed E-state index contributed by atoms with van der Waals surface area (Å²) in [6.07, 6.45) is 0. The molecule has 228 valence electrons. The second-order valence-corrected chi connectivity index (χ2v) is 17.8. The molecular weight excluding hydrogens is 605 g/mol. The highest BCUT2D eigenvalue weighted by Crippen LogP contribution is 2.49. The fourth-order valence-corrected chi connectivity index (χ4v) is 15.5. The van der Waals surface area contributed by atoms with Gasteiger partial charge in [-0.1, -0.05) is 163 Å². The summed E-state index contributed by atoms with van der Waals surface area (Å²) in [5.74, 6) is 0.144. The quantitative estimate of drug-likeness (QED) is 0.200. The number of hydrogen-bond acceptors (Lipinski definition) is 1. The largest absolute Gasteiger partial charge is 0.355 e. The monoisotopic (exact) mass is 637 g/mol. The van der Waals surface area contributed by atoms with Crippen molar-refractivity contribution in [3.63, 3.8) is 0 Å². The summed E-state index contributed by atoms with van der Waals surface area (Å²) < 4.78 is 0. The molecule has 1 spiro atoms. The van der Waals surface area contributed by atoms with Crippen LogP contribution in [0.1, 0.15) is 28.2 Å². The Kier molecular flexibility index (Phi) is 5.42. The van der Waals surface area contributed by atoms with Gasteiger partial charge in [0.05, 0.1) is 0 Å². The van der Waals surface area contributed by atoms with Crippen molar-refractivity contribution >= 4 is 64.0 Å². The van der Waals surface area contributed by atoms with E-state index in [1.165, 1.54) is 104 Å². The lowest BCUT2D eigenvalue weighted by Crippen LogP contribution is -2.74. The predicted molar refractivity (Wildman–Crippen MR) is 212 cm³/mol. The van der Waals surface area contributed by atoms with Gasteiger partial charge in [-0.15, -0.1) is 0 Å². The average Bonchev–Trinajstić information content (AvgIpc) is 3.44. The third kappa shape index (κ3) is 3.41. The van der Waals surface area contributed by atoms with Gasteiger partial charge >= 0.3 is 0 Å². The van der Waals surface area contributed by atoms with Crippen molar-refractivity contribution < 1.29 is 0 Å². The zero-order valence-corrected chi connectivity index (χ0v) is 28.3. The molecule has 0 amide bonds. The topological polar surface area (TPSA) is 12.0 Å². The van der Waals surface area contributed by atoms with Gasteiger partial charge in [-0.2, -0.15) is 0 Å². The lowest BCUT2D eigenvalue weighted by Gasteiger charge is -2.40. The van der Waals surface area contributed by atoms with Crippen LogP contribution in [0.2, 0.25) is 0 Å². The third-order valence-electron chi connectivity index (χ3n) is 11.8. The van der Waals surface area contributed by atoms with E-state index < -0.39 is 8.07 Å². The molecule has 0 saturated heterocycles. The summed E-state index contributed by atoms with van der Waals surface area (Å²) in [7, 11) is -1.71. The summed E-state index contributed by atoms with van der Waals surface area (Å²) in [6.45, 7) is 7.06. The molecule has 4 aliphatic rings. The lowest BCUT2D eigenvalue weighted by molar-refractivity contribution is 1.04. The SMILES string of the molecule is C=C1c2ccccc2-c2cccc3c2C1c1cc(C)cc(-c2cccc4c2Nc2ccccc2[Si]42c4ccccc4-c4ccccc42)c1B3. The lowest BCUT2D eigenvalue weighted by atomic mass is 9.50. The van der Waals surface area contributed by atoms with E-state index in [9.17, 15) is 0 Å². The van der Waals surface area contributed by atoms with Gasteiger partial charge in [0.2, 0.25) is 0 Å². The predicted octanol–water partition coefficient (Wildman–Crippen LogP) is 6.60. The number of hydrogen-bond donors (Lipinski definition) is 1. The second-order valence-electron chi connectivity index (χ2n) is 14.2. The van der Waals surface area contributed by atoms with Crippen molar-refractivity contribution in [3.8, 4) is 33.4 Å². The van der Waals surface area contributed by atoms with Crippen LogP contribution < -0.4 is 37.0 Å². The molecule has 1 atom stereocenters. The van der Waals surface area contributed by atoms with Crippen molar-refractivity contribution in [2.45, 2.75) is 12.8 Å². The summed E-state index contributed by atoms with van der Waals surface area (Å²) in [4.78, 5) is 0. The Morgan fingerprint density at radius 2 is 1.14 bits per heavy atom. The molecule has 3 aliphatic heterocycles. The molecule has 0 radical (unpaired) electrons. The fraction of sp³-hybridized carbons (Fsp3) is 0.0435. The number of fused-ring (bicyclic) bond motifs is 13. The molecule has 7 aromatic carbocycles. The van der Waals surface area contributed by atoms with Crippen molar-refractivity contribution in [1.29, 1.82) is 0 Å². The maximum atomic E-state index is 4.79. The minimum Gasteiger partial charge on any atom is -0.355 e. The van der Waals surface area contributed by atoms with Gasteiger partial charge in [0.1, 0.15) is 0 Å². The Morgan fingerprint density at radius 3 is 1.92 bits per heavy atom. The summed E-state index contributed by atoms with van der Waals surface area (Å²) in [6, 6.07) is 55.2. The number of anilines is 2. The van der Waals surface area contributed by atoms with Gasteiger partial charge in [0, 0.05) is 22.9 Å². The van der Waals surface area contributed by atoms with Crippen molar-refractivity contribution in [1.82, 2.24) is 0 Å². The second kappa shape index (κ2) is 9.72. The number of rotatable bonds is 1. The van der Waals surface area contributed by atoms with Crippen molar-refractivity contribution in [3.05, 3.63) is 174 Å². The van der Waals surface area contributed by atoms with E-state index in [2.05, 4.69) is 158 Å². The number of allylic oxidation sites excluding steroid dienone is 1. The first-order valence-corrected chi connectivity index (χ1v) is 19.4. The van der Waals surface area contributed by atoms with Crippen LogP contribution >= 0.6 is 0 Å². The molecule has 0 bridgehead atoms. The minimum absolute atomic E-state index is 0.144. The Balaban J connectivity index is 1.20. The van der Waals surface area contributed by atoms with Gasteiger partial charge in [0.15, 0.2) is 15.4 Å². The van der Waals surface area contributed by atoms with Crippen LogP contribution in [0.3, 0.4) is 0 Å². The number of benzene rings is 7. The van der Waals surface area contributed by atoms with Gasteiger partial charge in [-0.05, 0) is 83.8 Å². The molecule has 11 rings (SSSR count). The van der Waals surface area contributed by atoms with Crippen molar-refractivity contribution in [2.24, 2.45) is 0 Å². The number of aryl methyl sites for hydroxylation is 1. The summed E-state index contributed by atoms with van der Waals surface area (Å²) in [5, 5.41) is 9.93. The Bertz CT molecular complexity index is 2570. The fourth-order valence-electron chi connectivity index (χ4n) is 9.98. The van der Waals surface area contributed by atoms with Crippen LogP contribution in [0.25, 0.3) is 39.0 Å². The molecule has 7 aromatic rings. The molecule has 3 heteroatoms. The highest BCUT2D eigenvalue weighted by molar-refractivity contribution is 7.23. The zero-order chi connectivity index (χ0) is 32.4. The first-order chi connectivity index (χ1) is 24.1. The van der Waals surface area contributed by atoms with Crippen LogP contribution in [0.4, 0.5) is 11.4 Å². The molecule has 3 heterocycles. The Morgan fingerprint density at radius 1 is 0.551 bits per heavy atom. The standard InChI is InChI=1S/C46H32BNSi/c1-27-25-35(45-36(26-27)43-28(2)29-13-3-4-14-30(29)33-17-11-19-37(47-45)44(33)43)34-18-12-24-42-46(34)48-38-20-7-10-23-41(38)49(42)39-21-8-5-15-31(39)32-16-6-9-22-40(32)49/h3-26,43,47-48H,2H2,1H3. The van der Waals surface area contributed by atoms with E-state index in [4.69, 9.17) is 6.58 Å². The Hall–Kier alpha value is -5.64. The normalized spacial score (nSPS) is 16.2. The highest BCUT2D eigenvalue weighted by Gasteiger charge is 2.52. The molecule has 0 fully saturated rings. The van der Waals surface area contributed by atoms with E-state index in [1.54, 1.807) is 0 Å². The van der Waals surface area contributed by atoms with E-state index in [-0.39, 0.29) is 5.92 Å². The highest BCUT2D eigenvalue weighted by atomic mass is 28.3. The van der Waals surface area contributed by atoms with Crippen LogP contribution in [0, 0.1) is 6.92 Å². The molecule has 0 aromatic heterocycles. The van der Waals surface area contributed by atoms with E-state index >= 15 is 0 Å². The maximum absolute atomic E-state index is 4.79. The van der Waals surface area contributed by atoms with Gasteiger partial charge < -0.3 is 5.32 Å². The molecule has 1 unspecified atom stereocenters. The minimum atomic E-state index is -2.62. The average molecular weight is 638 g/mol.